The number of halogens is 1. The molecule has 3 heteroatoms. The molecule has 29 heavy (non-hydrogen) atoms. The zero-order chi connectivity index (χ0) is 19.4. The van der Waals surface area contributed by atoms with Gasteiger partial charge in [-0.3, -0.25) is 0 Å². The van der Waals surface area contributed by atoms with E-state index in [0.717, 1.165) is 11.1 Å². The number of rotatable bonds is 2. The molecule has 0 aliphatic rings. The summed E-state index contributed by atoms with van der Waals surface area (Å²) in [4.78, 5) is 0. The minimum absolute atomic E-state index is 0.201. The van der Waals surface area contributed by atoms with Gasteiger partial charge in [0.05, 0.1) is 9.40 Å². The Morgan fingerprint density at radius 3 is 1.52 bits per heavy atom. The molecule has 0 amide bonds. The van der Waals surface area contributed by atoms with Gasteiger partial charge in [0.2, 0.25) is 0 Å². The lowest BCUT2D eigenvalue weighted by Crippen LogP contribution is -1.78. The summed E-state index contributed by atoms with van der Waals surface area (Å²) in [7, 11) is 0. The first-order valence-corrected chi connectivity index (χ1v) is 11.1. The van der Waals surface area contributed by atoms with E-state index in [1.54, 1.807) is 0 Å². The van der Waals surface area contributed by atoms with Gasteiger partial charge in [0, 0.05) is 20.2 Å². The highest BCUT2D eigenvalue weighted by Crippen LogP contribution is 2.45. The molecule has 0 saturated heterocycles. The van der Waals surface area contributed by atoms with Gasteiger partial charge in [0.25, 0.3) is 0 Å². The molecule has 0 bridgehead atoms. The van der Waals surface area contributed by atoms with Gasteiger partial charge >= 0.3 is 0 Å². The third-order valence-corrected chi connectivity index (χ3v) is 7.87. The maximum atomic E-state index is 13.2. The lowest BCUT2D eigenvalue weighted by atomic mass is 10.0. The SMILES string of the molecule is Fc1ccc(-c2ccc3c(c2)sc2c4ccc(-c5ccccc5)cc4sc32)cc1. The monoisotopic (exact) mass is 410 g/mol. The molecule has 0 saturated carbocycles. The normalized spacial score (nSPS) is 11.6. The topological polar surface area (TPSA) is 0 Å². The summed E-state index contributed by atoms with van der Waals surface area (Å²) >= 11 is 3.72. The molecule has 4 aromatic carbocycles. The van der Waals surface area contributed by atoms with Gasteiger partial charge < -0.3 is 0 Å². The molecule has 2 aromatic heterocycles. The largest absolute Gasteiger partial charge is 0.207 e. The molecular formula is C26H15FS2. The fraction of sp³-hybridized carbons (Fsp3) is 0. The van der Waals surface area contributed by atoms with E-state index in [9.17, 15) is 4.39 Å². The standard InChI is InChI=1S/C26H15FS2/c27-20-10-6-17(7-11-20)19-9-13-22-24(15-19)29-25-21-12-8-18(14-23(21)28-26(22)25)16-4-2-1-3-5-16/h1-15H. The Kier molecular flexibility index (Phi) is 3.80. The van der Waals surface area contributed by atoms with Gasteiger partial charge in [0.15, 0.2) is 0 Å². The van der Waals surface area contributed by atoms with Crippen LogP contribution in [0.4, 0.5) is 4.39 Å². The number of thiophene rings is 2. The summed E-state index contributed by atoms with van der Waals surface area (Å²) in [5.74, 6) is -0.201. The summed E-state index contributed by atoms with van der Waals surface area (Å²) < 4.78 is 18.6. The van der Waals surface area contributed by atoms with E-state index in [2.05, 4.69) is 66.7 Å². The number of hydrogen-bond donors (Lipinski definition) is 0. The molecule has 0 radical (unpaired) electrons. The van der Waals surface area contributed by atoms with E-state index in [4.69, 9.17) is 0 Å². The Morgan fingerprint density at radius 2 is 0.966 bits per heavy atom. The summed E-state index contributed by atoms with van der Waals surface area (Å²) in [6.45, 7) is 0. The third-order valence-electron chi connectivity index (χ3n) is 5.37. The van der Waals surface area contributed by atoms with Crippen molar-refractivity contribution in [1.29, 1.82) is 0 Å². The van der Waals surface area contributed by atoms with Crippen LogP contribution in [0, 0.1) is 5.82 Å². The van der Waals surface area contributed by atoms with Crippen molar-refractivity contribution in [3.05, 3.63) is 96.8 Å². The molecular weight excluding hydrogens is 395 g/mol. The van der Waals surface area contributed by atoms with Crippen LogP contribution < -0.4 is 0 Å². The van der Waals surface area contributed by atoms with E-state index < -0.39 is 0 Å². The Morgan fingerprint density at radius 1 is 0.483 bits per heavy atom. The highest BCUT2D eigenvalue weighted by Gasteiger charge is 2.13. The van der Waals surface area contributed by atoms with Crippen LogP contribution in [0.5, 0.6) is 0 Å². The van der Waals surface area contributed by atoms with Crippen LogP contribution in [-0.4, -0.2) is 0 Å². The van der Waals surface area contributed by atoms with Crippen molar-refractivity contribution < 1.29 is 4.39 Å². The van der Waals surface area contributed by atoms with Crippen LogP contribution in [-0.2, 0) is 0 Å². The van der Waals surface area contributed by atoms with Crippen LogP contribution in [0.15, 0.2) is 91.0 Å². The second-order valence-corrected chi connectivity index (χ2v) is 9.26. The van der Waals surface area contributed by atoms with E-state index in [0.29, 0.717) is 0 Å². The molecule has 6 aromatic rings. The first-order valence-electron chi connectivity index (χ1n) is 9.46. The lowest BCUT2D eigenvalue weighted by molar-refractivity contribution is 0.628. The van der Waals surface area contributed by atoms with E-state index >= 15 is 0 Å². The maximum absolute atomic E-state index is 13.2. The highest BCUT2D eigenvalue weighted by molar-refractivity contribution is 7.36. The molecule has 0 aliphatic heterocycles. The highest BCUT2D eigenvalue weighted by atomic mass is 32.1. The first kappa shape index (κ1) is 16.9. The molecule has 0 unspecified atom stereocenters. The van der Waals surface area contributed by atoms with Crippen LogP contribution in [0.25, 0.3) is 51.8 Å². The minimum atomic E-state index is -0.201. The summed E-state index contributed by atoms with van der Waals surface area (Å²) in [6.07, 6.45) is 0. The van der Waals surface area contributed by atoms with Crippen LogP contribution in [0.3, 0.4) is 0 Å². The van der Waals surface area contributed by atoms with Crippen molar-refractivity contribution in [3.63, 3.8) is 0 Å². The second-order valence-electron chi connectivity index (χ2n) is 7.16. The second kappa shape index (κ2) is 6.51. The van der Waals surface area contributed by atoms with Crippen molar-refractivity contribution in [2.75, 3.05) is 0 Å². The molecule has 0 atom stereocenters. The van der Waals surface area contributed by atoms with Crippen molar-refractivity contribution in [1.82, 2.24) is 0 Å². The molecule has 2 heterocycles. The van der Waals surface area contributed by atoms with Crippen LogP contribution in [0.1, 0.15) is 0 Å². The summed E-state index contributed by atoms with van der Waals surface area (Å²) in [5, 5.41) is 2.63. The lowest BCUT2D eigenvalue weighted by Gasteiger charge is -2.02. The Balaban J connectivity index is 1.51. The van der Waals surface area contributed by atoms with Crippen molar-refractivity contribution >= 4 is 52.2 Å². The Labute approximate surface area is 175 Å². The molecule has 0 nitrogen and oxygen atoms in total. The average molecular weight is 411 g/mol. The van der Waals surface area contributed by atoms with Crippen molar-refractivity contribution in [3.8, 4) is 22.3 Å². The van der Waals surface area contributed by atoms with Gasteiger partial charge in [-0.1, -0.05) is 66.7 Å². The van der Waals surface area contributed by atoms with E-state index in [1.807, 2.05) is 34.8 Å². The van der Waals surface area contributed by atoms with Crippen molar-refractivity contribution in [2.24, 2.45) is 0 Å². The quantitative estimate of drug-likeness (QED) is 0.268. The smallest absolute Gasteiger partial charge is 0.123 e. The van der Waals surface area contributed by atoms with Gasteiger partial charge in [-0.05, 0) is 46.5 Å². The fourth-order valence-electron chi connectivity index (χ4n) is 3.89. The van der Waals surface area contributed by atoms with Gasteiger partial charge in [-0.25, -0.2) is 4.39 Å². The maximum Gasteiger partial charge on any atom is 0.123 e. The fourth-order valence-corrected chi connectivity index (χ4v) is 6.62. The summed E-state index contributed by atoms with van der Waals surface area (Å²) in [6, 6.07) is 30.6. The van der Waals surface area contributed by atoms with Crippen LogP contribution >= 0.6 is 22.7 Å². The van der Waals surface area contributed by atoms with Crippen molar-refractivity contribution in [2.45, 2.75) is 0 Å². The molecule has 6 rings (SSSR count). The Bertz CT molecular complexity index is 1490. The molecule has 0 spiro atoms. The molecule has 138 valence electrons. The number of hydrogen-bond acceptors (Lipinski definition) is 2. The average Bonchev–Trinajstić information content (AvgIpc) is 3.30. The predicted molar refractivity (Wildman–Crippen MR) is 126 cm³/mol. The van der Waals surface area contributed by atoms with E-state index in [-0.39, 0.29) is 5.82 Å². The first-order chi connectivity index (χ1) is 14.3. The van der Waals surface area contributed by atoms with Gasteiger partial charge in [-0.15, -0.1) is 22.7 Å². The predicted octanol–water partition coefficient (Wildman–Crippen LogP) is 8.74. The molecule has 0 N–H and O–H groups in total. The van der Waals surface area contributed by atoms with Gasteiger partial charge in [0.1, 0.15) is 5.82 Å². The van der Waals surface area contributed by atoms with Crippen LogP contribution in [0.2, 0.25) is 0 Å². The Hall–Kier alpha value is -3.01. The molecule has 0 aliphatic carbocycles. The van der Waals surface area contributed by atoms with Gasteiger partial charge in [-0.2, -0.15) is 0 Å². The third kappa shape index (κ3) is 2.78. The zero-order valence-corrected chi connectivity index (χ0v) is 17.0. The molecule has 0 fully saturated rings. The number of benzene rings is 4. The summed E-state index contributed by atoms with van der Waals surface area (Å²) in [5.41, 5.74) is 4.68. The van der Waals surface area contributed by atoms with E-state index in [1.165, 1.54) is 52.8 Å². The number of fused-ring (bicyclic) bond motifs is 5. The zero-order valence-electron chi connectivity index (χ0n) is 15.4. The minimum Gasteiger partial charge on any atom is -0.207 e.